The second-order valence-corrected chi connectivity index (χ2v) is 5.16. The largest absolute Gasteiger partial charge is 0.271 e. The van der Waals surface area contributed by atoms with Crippen molar-refractivity contribution in [3.8, 4) is 0 Å². The van der Waals surface area contributed by atoms with Gasteiger partial charge in [0.1, 0.15) is 11.6 Å². The molecule has 1 atom stereocenters. The molecule has 2 rings (SSSR count). The molecule has 0 saturated heterocycles. The molecule has 1 unspecified atom stereocenters. The number of rotatable bonds is 3. The number of halogens is 3. The maximum atomic E-state index is 14.2. The first-order chi connectivity index (χ1) is 9.43. The Morgan fingerprint density at radius 2 is 1.80 bits per heavy atom. The van der Waals surface area contributed by atoms with Gasteiger partial charge in [-0.25, -0.2) is 14.2 Å². The highest BCUT2D eigenvalue weighted by atomic mass is 35.5. The number of hydrazine groups is 1. The van der Waals surface area contributed by atoms with Crippen molar-refractivity contribution in [3.05, 3.63) is 69.2 Å². The maximum absolute atomic E-state index is 14.2. The van der Waals surface area contributed by atoms with Gasteiger partial charge in [0.15, 0.2) is 0 Å². The molecule has 0 bridgehead atoms. The Morgan fingerprint density at radius 3 is 2.35 bits per heavy atom. The lowest BCUT2D eigenvalue weighted by Crippen LogP contribution is -2.30. The molecule has 0 aromatic heterocycles. The van der Waals surface area contributed by atoms with Crippen LogP contribution in [0.1, 0.15) is 28.3 Å². The molecule has 0 heterocycles. The van der Waals surface area contributed by atoms with Crippen LogP contribution < -0.4 is 11.3 Å². The zero-order valence-corrected chi connectivity index (χ0v) is 11.9. The van der Waals surface area contributed by atoms with Crippen LogP contribution in [-0.4, -0.2) is 0 Å². The second-order valence-electron chi connectivity index (χ2n) is 4.75. The van der Waals surface area contributed by atoms with Crippen LogP contribution in [0.4, 0.5) is 8.78 Å². The maximum Gasteiger partial charge on any atom is 0.142 e. The van der Waals surface area contributed by atoms with Crippen molar-refractivity contribution in [3.63, 3.8) is 0 Å². The van der Waals surface area contributed by atoms with E-state index in [2.05, 4.69) is 5.43 Å². The van der Waals surface area contributed by atoms with E-state index in [0.29, 0.717) is 11.1 Å². The Kier molecular flexibility index (Phi) is 4.38. The summed E-state index contributed by atoms with van der Waals surface area (Å²) in [6.07, 6.45) is 0. The topological polar surface area (TPSA) is 38.0 Å². The molecule has 2 nitrogen and oxygen atoms in total. The predicted octanol–water partition coefficient (Wildman–Crippen LogP) is 3.79. The van der Waals surface area contributed by atoms with E-state index in [4.69, 9.17) is 17.4 Å². The lowest BCUT2D eigenvalue weighted by atomic mass is 9.93. The fourth-order valence-corrected chi connectivity index (χ4v) is 2.45. The highest BCUT2D eigenvalue weighted by molar-refractivity contribution is 6.30. The zero-order valence-electron chi connectivity index (χ0n) is 11.2. The van der Waals surface area contributed by atoms with Crippen molar-refractivity contribution in [2.45, 2.75) is 19.9 Å². The van der Waals surface area contributed by atoms with E-state index in [9.17, 15) is 8.78 Å². The van der Waals surface area contributed by atoms with Crippen LogP contribution in [0.25, 0.3) is 0 Å². The molecule has 2 aromatic carbocycles. The van der Waals surface area contributed by atoms with Gasteiger partial charge in [0, 0.05) is 5.56 Å². The van der Waals surface area contributed by atoms with E-state index in [1.54, 1.807) is 13.0 Å². The summed E-state index contributed by atoms with van der Waals surface area (Å²) in [5.41, 5.74) is 5.02. The molecule has 0 fully saturated rings. The van der Waals surface area contributed by atoms with E-state index < -0.39 is 11.9 Å². The third-order valence-corrected chi connectivity index (χ3v) is 3.52. The zero-order chi connectivity index (χ0) is 14.9. The molecule has 5 heteroatoms. The summed E-state index contributed by atoms with van der Waals surface area (Å²) in [4.78, 5) is 0. The summed E-state index contributed by atoms with van der Waals surface area (Å²) in [6.45, 7) is 3.61. The Morgan fingerprint density at radius 1 is 1.10 bits per heavy atom. The fourth-order valence-electron chi connectivity index (χ4n) is 2.33. The van der Waals surface area contributed by atoms with Crippen molar-refractivity contribution < 1.29 is 8.78 Å². The van der Waals surface area contributed by atoms with Crippen LogP contribution in [0.5, 0.6) is 0 Å². The lowest BCUT2D eigenvalue weighted by Gasteiger charge is -2.20. The fraction of sp³-hybridized carbons (Fsp3) is 0.200. The summed E-state index contributed by atoms with van der Waals surface area (Å²) in [5.74, 6) is 4.59. The van der Waals surface area contributed by atoms with Gasteiger partial charge in [-0.15, -0.1) is 0 Å². The molecule has 0 spiro atoms. The van der Waals surface area contributed by atoms with Crippen LogP contribution in [0.2, 0.25) is 5.02 Å². The monoisotopic (exact) mass is 296 g/mol. The number of hydrogen-bond acceptors (Lipinski definition) is 2. The van der Waals surface area contributed by atoms with Gasteiger partial charge < -0.3 is 0 Å². The summed E-state index contributed by atoms with van der Waals surface area (Å²) in [6, 6.07) is 6.95. The SMILES string of the molecule is Cc1cc(C)c(C(NN)c2ccc(Cl)c(F)c2)c(F)c1. The molecule has 2 aromatic rings. The minimum Gasteiger partial charge on any atom is -0.271 e. The van der Waals surface area contributed by atoms with Gasteiger partial charge in [0.05, 0.1) is 11.1 Å². The number of hydrogen-bond donors (Lipinski definition) is 2. The third kappa shape index (κ3) is 2.82. The van der Waals surface area contributed by atoms with Gasteiger partial charge in [0.2, 0.25) is 0 Å². The molecule has 20 heavy (non-hydrogen) atoms. The minimum atomic E-state index is -0.637. The van der Waals surface area contributed by atoms with E-state index in [1.807, 2.05) is 13.0 Å². The van der Waals surface area contributed by atoms with E-state index in [0.717, 1.165) is 11.1 Å². The van der Waals surface area contributed by atoms with E-state index >= 15 is 0 Å². The smallest absolute Gasteiger partial charge is 0.142 e. The predicted molar refractivity (Wildman–Crippen MR) is 76.5 cm³/mol. The Labute approximate surface area is 121 Å². The molecular weight excluding hydrogens is 282 g/mol. The molecular formula is C15H15ClF2N2. The van der Waals surface area contributed by atoms with Crippen molar-refractivity contribution in [1.29, 1.82) is 0 Å². The van der Waals surface area contributed by atoms with Crippen LogP contribution >= 0.6 is 11.6 Å². The number of aryl methyl sites for hydroxylation is 2. The van der Waals surface area contributed by atoms with Crippen molar-refractivity contribution in [1.82, 2.24) is 5.43 Å². The van der Waals surface area contributed by atoms with Crippen molar-refractivity contribution in [2.24, 2.45) is 5.84 Å². The first kappa shape index (κ1) is 14.9. The van der Waals surface area contributed by atoms with E-state index in [-0.39, 0.29) is 10.8 Å². The first-order valence-corrected chi connectivity index (χ1v) is 6.49. The first-order valence-electron chi connectivity index (χ1n) is 6.11. The second kappa shape index (κ2) is 5.87. The number of nitrogens with one attached hydrogen (secondary N) is 1. The lowest BCUT2D eigenvalue weighted by molar-refractivity contribution is 0.552. The normalized spacial score (nSPS) is 12.5. The summed E-state index contributed by atoms with van der Waals surface area (Å²) >= 11 is 5.66. The van der Waals surface area contributed by atoms with E-state index in [1.165, 1.54) is 18.2 Å². The Hall–Kier alpha value is -1.49. The number of nitrogens with two attached hydrogens (primary N) is 1. The molecule has 0 amide bonds. The van der Waals surface area contributed by atoms with Gasteiger partial charge >= 0.3 is 0 Å². The van der Waals surface area contributed by atoms with Crippen LogP contribution in [0.15, 0.2) is 30.3 Å². The average Bonchev–Trinajstić information content (AvgIpc) is 2.37. The van der Waals surface area contributed by atoms with Gasteiger partial charge in [-0.2, -0.15) is 0 Å². The molecule has 0 aliphatic carbocycles. The summed E-state index contributed by atoms with van der Waals surface area (Å²) < 4.78 is 27.8. The van der Waals surface area contributed by atoms with Gasteiger partial charge in [-0.05, 0) is 48.7 Å². The summed E-state index contributed by atoms with van der Waals surface area (Å²) in [5, 5.41) is 0.0191. The van der Waals surface area contributed by atoms with Crippen molar-refractivity contribution >= 4 is 11.6 Å². The third-order valence-electron chi connectivity index (χ3n) is 3.21. The van der Waals surface area contributed by atoms with Gasteiger partial charge in [-0.1, -0.05) is 23.7 Å². The molecule has 0 saturated carbocycles. The highest BCUT2D eigenvalue weighted by Crippen LogP contribution is 2.29. The average molecular weight is 297 g/mol. The van der Waals surface area contributed by atoms with Gasteiger partial charge in [-0.3, -0.25) is 5.84 Å². The van der Waals surface area contributed by atoms with Gasteiger partial charge in [0.25, 0.3) is 0 Å². The van der Waals surface area contributed by atoms with Crippen LogP contribution in [0, 0.1) is 25.5 Å². The molecule has 106 valence electrons. The molecule has 3 N–H and O–H groups in total. The van der Waals surface area contributed by atoms with Crippen LogP contribution in [-0.2, 0) is 0 Å². The quantitative estimate of drug-likeness (QED) is 0.668. The molecule has 0 aliphatic rings. The number of benzene rings is 2. The minimum absolute atomic E-state index is 0.0191. The van der Waals surface area contributed by atoms with Crippen LogP contribution in [0.3, 0.4) is 0 Å². The molecule has 0 radical (unpaired) electrons. The standard InChI is InChI=1S/C15H15ClF2N2/c1-8-5-9(2)14(13(18)6-8)15(20-19)10-3-4-11(16)12(17)7-10/h3-7,15,20H,19H2,1-2H3. The Bertz CT molecular complexity index is 621. The molecule has 0 aliphatic heterocycles. The van der Waals surface area contributed by atoms with Crippen molar-refractivity contribution in [2.75, 3.05) is 0 Å². The Balaban J connectivity index is 2.55. The highest BCUT2D eigenvalue weighted by Gasteiger charge is 2.20. The summed E-state index contributed by atoms with van der Waals surface area (Å²) in [7, 11) is 0.